The lowest BCUT2D eigenvalue weighted by Crippen LogP contribution is -2.45. The van der Waals surface area contributed by atoms with Crippen LogP contribution in [0.5, 0.6) is 5.75 Å². The third-order valence-corrected chi connectivity index (χ3v) is 5.74. The van der Waals surface area contributed by atoms with Crippen LogP contribution in [-0.4, -0.2) is 37.6 Å². The monoisotopic (exact) mass is 434 g/mol. The molecule has 0 aromatic heterocycles. The first-order valence-electron chi connectivity index (χ1n) is 11.1. The van der Waals surface area contributed by atoms with E-state index in [-0.39, 0.29) is 35.6 Å². The molecule has 2 aliphatic rings. The Morgan fingerprint density at radius 1 is 1.19 bits per heavy atom. The molecule has 1 unspecified atom stereocenters. The zero-order valence-corrected chi connectivity index (χ0v) is 18.9. The fourth-order valence-electron chi connectivity index (χ4n) is 3.87. The van der Waals surface area contributed by atoms with Crippen LogP contribution >= 0.6 is 0 Å². The van der Waals surface area contributed by atoms with E-state index in [4.69, 9.17) is 9.47 Å². The van der Waals surface area contributed by atoms with Gasteiger partial charge in [-0.25, -0.2) is 0 Å². The topological polar surface area (TPSA) is 67.9 Å². The van der Waals surface area contributed by atoms with E-state index in [1.807, 2.05) is 48.5 Å². The fourth-order valence-corrected chi connectivity index (χ4v) is 3.87. The van der Waals surface area contributed by atoms with E-state index in [9.17, 15) is 9.59 Å². The van der Waals surface area contributed by atoms with Crippen molar-refractivity contribution >= 4 is 23.6 Å². The number of nitrogens with one attached hydrogen (secondary N) is 1. The van der Waals surface area contributed by atoms with Gasteiger partial charge in [0.15, 0.2) is 11.5 Å². The summed E-state index contributed by atoms with van der Waals surface area (Å²) < 4.78 is 11.6. The van der Waals surface area contributed by atoms with Crippen molar-refractivity contribution in [2.24, 2.45) is 0 Å². The number of benzene rings is 2. The van der Waals surface area contributed by atoms with Crippen molar-refractivity contribution in [1.82, 2.24) is 5.32 Å². The molecule has 1 saturated heterocycles. The average molecular weight is 435 g/mol. The number of amides is 2. The second kappa shape index (κ2) is 9.17. The quantitative estimate of drug-likeness (QED) is 0.721. The number of hydrogen-bond donors (Lipinski definition) is 1. The predicted molar refractivity (Wildman–Crippen MR) is 125 cm³/mol. The van der Waals surface area contributed by atoms with Crippen LogP contribution in [0.2, 0.25) is 0 Å². The Balaban J connectivity index is 1.62. The summed E-state index contributed by atoms with van der Waals surface area (Å²) in [6, 6.07) is 15.3. The summed E-state index contributed by atoms with van der Waals surface area (Å²) >= 11 is 0. The Bertz CT molecular complexity index is 1020. The van der Waals surface area contributed by atoms with Gasteiger partial charge >= 0.3 is 0 Å². The van der Waals surface area contributed by atoms with Crippen LogP contribution in [0.4, 0.5) is 5.69 Å². The molecule has 2 aromatic rings. The predicted octanol–water partition coefficient (Wildman–Crippen LogP) is 4.05. The van der Waals surface area contributed by atoms with Gasteiger partial charge in [0, 0.05) is 13.2 Å². The van der Waals surface area contributed by atoms with Crippen molar-refractivity contribution in [3.8, 4) is 5.75 Å². The molecule has 0 saturated carbocycles. The van der Waals surface area contributed by atoms with E-state index in [1.54, 1.807) is 6.08 Å². The molecular formula is C26H30N2O4. The van der Waals surface area contributed by atoms with Gasteiger partial charge in [0.1, 0.15) is 6.54 Å². The van der Waals surface area contributed by atoms with E-state index in [0.717, 1.165) is 30.6 Å². The average Bonchev–Trinajstić information content (AvgIpc) is 3.29. The van der Waals surface area contributed by atoms with Gasteiger partial charge in [0.2, 0.25) is 5.91 Å². The minimum absolute atomic E-state index is 0.0488. The maximum Gasteiger partial charge on any atom is 0.294 e. The molecular weight excluding hydrogens is 404 g/mol. The maximum atomic E-state index is 13.4. The normalized spacial score (nSPS) is 19.6. The highest BCUT2D eigenvalue weighted by Crippen LogP contribution is 2.39. The summed E-state index contributed by atoms with van der Waals surface area (Å²) in [6.45, 7) is 7.44. The standard InChI is InChI=1S/C26H30N2O4/c1-26(2,3)19-11-12-22-21(15-19)28(17-24(29)27-16-20-10-7-13-31-20)25(30)23(32-22)14-18-8-5-4-6-9-18/h4-6,8-9,11-12,14-15,20H,7,10,13,16-17H2,1-3H3,(H,27,29). The van der Waals surface area contributed by atoms with Crippen molar-refractivity contribution in [3.63, 3.8) is 0 Å². The second-order valence-electron chi connectivity index (χ2n) is 9.28. The van der Waals surface area contributed by atoms with Gasteiger partial charge < -0.3 is 14.8 Å². The third kappa shape index (κ3) is 5.02. The largest absolute Gasteiger partial charge is 0.449 e. The molecule has 2 aliphatic heterocycles. The van der Waals surface area contributed by atoms with Crippen molar-refractivity contribution < 1.29 is 19.1 Å². The van der Waals surface area contributed by atoms with Crippen LogP contribution in [0.3, 0.4) is 0 Å². The smallest absolute Gasteiger partial charge is 0.294 e. The minimum Gasteiger partial charge on any atom is -0.449 e. The molecule has 1 atom stereocenters. The fraction of sp³-hybridized carbons (Fsp3) is 0.385. The number of anilines is 1. The zero-order chi connectivity index (χ0) is 22.7. The highest BCUT2D eigenvalue weighted by atomic mass is 16.5. The van der Waals surface area contributed by atoms with Gasteiger partial charge in [-0.1, -0.05) is 57.2 Å². The molecule has 32 heavy (non-hydrogen) atoms. The lowest BCUT2D eigenvalue weighted by Gasteiger charge is -2.32. The maximum absolute atomic E-state index is 13.4. The molecule has 2 aromatic carbocycles. The number of fused-ring (bicyclic) bond motifs is 1. The van der Waals surface area contributed by atoms with Crippen LogP contribution < -0.4 is 15.0 Å². The number of ether oxygens (including phenoxy) is 2. The highest BCUT2D eigenvalue weighted by Gasteiger charge is 2.33. The molecule has 2 heterocycles. The lowest BCUT2D eigenvalue weighted by atomic mass is 9.86. The van der Waals surface area contributed by atoms with E-state index < -0.39 is 0 Å². The first-order valence-corrected chi connectivity index (χ1v) is 11.1. The molecule has 0 radical (unpaired) electrons. The zero-order valence-electron chi connectivity index (χ0n) is 18.9. The minimum atomic E-state index is -0.334. The molecule has 0 spiro atoms. The van der Waals surface area contributed by atoms with Gasteiger partial charge in [-0.05, 0) is 47.6 Å². The molecule has 4 rings (SSSR count). The molecule has 168 valence electrons. The third-order valence-electron chi connectivity index (χ3n) is 5.74. The van der Waals surface area contributed by atoms with Crippen LogP contribution in [0.15, 0.2) is 54.3 Å². The second-order valence-corrected chi connectivity index (χ2v) is 9.28. The number of rotatable bonds is 5. The number of nitrogens with zero attached hydrogens (tertiary/aromatic N) is 1. The van der Waals surface area contributed by atoms with Crippen molar-refractivity contribution in [2.45, 2.75) is 45.1 Å². The lowest BCUT2D eigenvalue weighted by molar-refractivity contribution is -0.123. The van der Waals surface area contributed by atoms with Crippen LogP contribution in [-0.2, 0) is 19.7 Å². The summed E-state index contributed by atoms with van der Waals surface area (Å²) in [5, 5.41) is 2.91. The highest BCUT2D eigenvalue weighted by molar-refractivity contribution is 6.12. The van der Waals surface area contributed by atoms with Crippen molar-refractivity contribution in [3.05, 3.63) is 65.4 Å². The Labute approximate surface area is 189 Å². The SMILES string of the molecule is CC(C)(C)c1ccc2c(c1)N(CC(=O)NCC1CCCO1)C(=O)C(=Cc1ccccc1)O2. The van der Waals surface area contributed by atoms with Gasteiger partial charge in [0.05, 0.1) is 11.8 Å². The summed E-state index contributed by atoms with van der Waals surface area (Å²) in [4.78, 5) is 27.6. The van der Waals surface area contributed by atoms with Crippen LogP contribution in [0.1, 0.15) is 44.7 Å². The summed E-state index contributed by atoms with van der Waals surface area (Å²) in [7, 11) is 0. The molecule has 6 nitrogen and oxygen atoms in total. The number of carbonyl (C=O) groups is 2. The molecule has 0 bridgehead atoms. The Morgan fingerprint density at radius 2 is 1.97 bits per heavy atom. The van der Waals surface area contributed by atoms with Gasteiger partial charge in [0.25, 0.3) is 5.91 Å². The first-order chi connectivity index (χ1) is 15.3. The van der Waals surface area contributed by atoms with Crippen LogP contribution in [0.25, 0.3) is 6.08 Å². The van der Waals surface area contributed by atoms with Gasteiger partial charge in [-0.15, -0.1) is 0 Å². The van der Waals surface area contributed by atoms with Crippen molar-refractivity contribution in [2.75, 3.05) is 24.6 Å². The van der Waals surface area contributed by atoms with E-state index in [2.05, 4.69) is 26.1 Å². The first kappa shape index (κ1) is 22.1. The Hall–Kier alpha value is -3.12. The molecule has 0 aliphatic carbocycles. The van der Waals surface area contributed by atoms with E-state index in [1.165, 1.54) is 4.90 Å². The number of carbonyl (C=O) groups excluding carboxylic acids is 2. The molecule has 6 heteroatoms. The van der Waals surface area contributed by atoms with Crippen molar-refractivity contribution in [1.29, 1.82) is 0 Å². The molecule has 1 fully saturated rings. The van der Waals surface area contributed by atoms with Gasteiger partial charge in [-0.3, -0.25) is 14.5 Å². The summed E-state index contributed by atoms with van der Waals surface area (Å²) in [5.41, 5.74) is 2.42. The number of hydrogen-bond acceptors (Lipinski definition) is 4. The van der Waals surface area contributed by atoms with E-state index >= 15 is 0 Å². The Kier molecular flexibility index (Phi) is 6.33. The molecule has 2 amide bonds. The Morgan fingerprint density at radius 3 is 2.66 bits per heavy atom. The van der Waals surface area contributed by atoms with E-state index in [0.29, 0.717) is 18.0 Å². The molecule has 1 N–H and O–H groups in total. The van der Waals surface area contributed by atoms with Crippen LogP contribution in [0, 0.1) is 0 Å². The summed E-state index contributed by atoms with van der Waals surface area (Å²) in [6.07, 6.45) is 3.71. The van der Waals surface area contributed by atoms with Gasteiger partial charge in [-0.2, -0.15) is 0 Å². The summed E-state index contributed by atoms with van der Waals surface area (Å²) in [5.74, 6) is 0.201.